The second kappa shape index (κ2) is 11.4. The highest BCUT2D eigenvalue weighted by Crippen LogP contribution is 2.40. The number of para-hydroxylation sites is 2. The molecule has 0 bridgehead atoms. The molecular formula is C29H29N5O3. The first-order valence-corrected chi connectivity index (χ1v) is 12.0. The molecule has 0 fully saturated rings. The average molecular weight is 496 g/mol. The zero-order chi connectivity index (χ0) is 26.4. The number of Topliss-reactive ketones (excluding diaryl/α,β-unsaturated/α-hetero) is 1. The van der Waals surface area contributed by atoms with Crippen LogP contribution in [0.2, 0.25) is 0 Å². The van der Waals surface area contributed by atoms with Crippen LogP contribution in [0.3, 0.4) is 0 Å². The van der Waals surface area contributed by atoms with E-state index in [0.29, 0.717) is 12.4 Å². The molecule has 0 radical (unpaired) electrons. The summed E-state index contributed by atoms with van der Waals surface area (Å²) in [6.45, 7) is 2.31. The van der Waals surface area contributed by atoms with E-state index in [2.05, 4.69) is 16.4 Å². The van der Waals surface area contributed by atoms with Gasteiger partial charge in [-0.25, -0.2) is 0 Å². The van der Waals surface area contributed by atoms with Gasteiger partial charge in [-0.05, 0) is 42.8 Å². The van der Waals surface area contributed by atoms with E-state index < -0.39 is 0 Å². The maximum Gasteiger partial charge on any atom is 0.220 e. The number of hydrogen-bond donors (Lipinski definition) is 1. The number of nitrogens with zero attached hydrogens (tertiary/aromatic N) is 4. The van der Waals surface area contributed by atoms with E-state index in [9.17, 15) is 14.9 Å². The number of carbonyl (C=O) groups is 2. The van der Waals surface area contributed by atoms with Crippen LogP contribution in [0.25, 0.3) is 0 Å². The molecule has 1 aromatic heterocycles. The van der Waals surface area contributed by atoms with Gasteiger partial charge in [0.1, 0.15) is 29.8 Å². The molecule has 1 atom stereocenters. The Bertz CT molecular complexity index is 1310. The molecule has 8 heteroatoms. The standard InChI is InChI=1S/C29H29N5O3/c1-20(22-10-12-23(13-11-22)37-19-21-7-6-16-31-18-21)32-28(36)15-14-27(35)24(17-30)29-33(2)25-8-4-5-9-26(25)34(29)3/h4-13,16,18,20H,14-15,19H2,1-3H3,(H,32,36). The van der Waals surface area contributed by atoms with Crippen molar-refractivity contribution >= 4 is 23.1 Å². The van der Waals surface area contributed by atoms with Gasteiger partial charge < -0.3 is 19.9 Å². The molecule has 1 amide bonds. The Morgan fingerprint density at radius 3 is 2.27 bits per heavy atom. The quantitative estimate of drug-likeness (QED) is 0.344. The summed E-state index contributed by atoms with van der Waals surface area (Å²) in [6, 6.07) is 20.8. The molecule has 0 saturated carbocycles. The van der Waals surface area contributed by atoms with Gasteiger partial charge in [-0.1, -0.05) is 30.3 Å². The van der Waals surface area contributed by atoms with Crippen molar-refractivity contribution in [2.24, 2.45) is 0 Å². The van der Waals surface area contributed by atoms with Crippen LogP contribution in [0.4, 0.5) is 11.4 Å². The van der Waals surface area contributed by atoms with E-state index in [1.165, 1.54) is 0 Å². The number of fused-ring (bicyclic) bond motifs is 1. The Hall–Kier alpha value is -4.64. The first-order valence-electron chi connectivity index (χ1n) is 12.0. The number of anilines is 2. The van der Waals surface area contributed by atoms with Crippen LogP contribution < -0.4 is 19.9 Å². The second-order valence-electron chi connectivity index (χ2n) is 8.85. The number of nitriles is 1. The molecule has 37 heavy (non-hydrogen) atoms. The number of amides is 1. The minimum atomic E-state index is -0.359. The monoisotopic (exact) mass is 495 g/mol. The molecule has 0 saturated heterocycles. The Kier molecular flexibility index (Phi) is 7.84. The third kappa shape index (κ3) is 5.78. The van der Waals surface area contributed by atoms with Crippen LogP contribution in [-0.4, -0.2) is 30.8 Å². The minimum absolute atomic E-state index is 0.00564. The Morgan fingerprint density at radius 1 is 1.00 bits per heavy atom. The zero-order valence-electron chi connectivity index (χ0n) is 21.1. The number of nitrogens with one attached hydrogen (secondary N) is 1. The van der Waals surface area contributed by atoms with Crippen molar-refractivity contribution in [1.82, 2.24) is 10.3 Å². The fourth-order valence-corrected chi connectivity index (χ4v) is 4.31. The highest BCUT2D eigenvalue weighted by atomic mass is 16.5. The van der Waals surface area contributed by atoms with Crippen molar-refractivity contribution in [1.29, 1.82) is 5.26 Å². The predicted molar refractivity (Wildman–Crippen MR) is 142 cm³/mol. The first kappa shape index (κ1) is 25.5. The van der Waals surface area contributed by atoms with Crippen LogP contribution in [0, 0.1) is 11.3 Å². The molecule has 1 unspecified atom stereocenters. The molecule has 2 heterocycles. The van der Waals surface area contributed by atoms with Crippen molar-refractivity contribution in [2.45, 2.75) is 32.4 Å². The van der Waals surface area contributed by atoms with Gasteiger partial charge in [0.25, 0.3) is 0 Å². The van der Waals surface area contributed by atoms with Crippen LogP contribution in [0.1, 0.15) is 36.9 Å². The third-order valence-corrected chi connectivity index (χ3v) is 6.32. The lowest BCUT2D eigenvalue weighted by atomic mass is 10.1. The molecule has 0 aliphatic carbocycles. The summed E-state index contributed by atoms with van der Waals surface area (Å²) in [5, 5.41) is 12.7. The molecule has 0 spiro atoms. The first-order chi connectivity index (χ1) is 17.9. The number of ketones is 1. The minimum Gasteiger partial charge on any atom is -0.489 e. The van der Waals surface area contributed by atoms with E-state index in [0.717, 1.165) is 28.3 Å². The smallest absolute Gasteiger partial charge is 0.220 e. The number of allylic oxidation sites excluding steroid dienone is 1. The predicted octanol–water partition coefficient (Wildman–Crippen LogP) is 4.51. The maximum absolute atomic E-state index is 12.9. The molecule has 2 aromatic carbocycles. The summed E-state index contributed by atoms with van der Waals surface area (Å²) < 4.78 is 5.78. The number of hydrogen-bond acceptors (Lipinski definition) is 7. The topological polar surface area (TPSA) is 98.6 Å². The number of aromatic nitrogens is 1. The van der Waals surface area contributed by atoms with Crippen LogP contribution in [-0.2, 0) is 16.2 Å². The largest absolute Gasteiger partial charge is 0.489 e. The van der Waals surface area contributed by atoms with E-state index in [1.54, 1.807) is 12.4 Å². The fraction of sp³-hybridized carbons (Fsp3) is 0.241. The van der Waals surface area contributed by atoms with Gasteiger partial charge in [-0.2, -0.15) is 5.26 Å². The van der Waals surface area contributed by atoms with Gasteiger partial charge >= 0.3 is 0 Å². The van der Waals surface area contributed by atoms with Crippen molar-refractivity contribution in [3.8, 4) is 11.8 Å². The van der Waals surface area contributed by atoms with Gasteiger partial charge in [-0.15, -0.1) is 0 Å². The summed E-state index contributed by atoms with van der Waals surface area (Å²) in [6.07, 6.45) is 3.42. The van der Waals surface area contributed by atoms with Gasteiger partial charge in [0.05, 0.1) is 17.4 Å². The highest BCUT2D eigenvalue weighted by Gasteiger charge is 2.31. The van der Waals surface area contributed by atoms with Gasteiger partial charge in [0.15, 0.2) is 5.78 Å². The lowest BCUT2D eigenvalue weighted by molar-refractivity contribution is -0.124. The lowest BCUT2D eigenvalue weighted by Gasteiger charge is -2.20. The summed E-state index contributed by atoms with van der Waals surface area (Å²) in [5.74, 6) is 0.629. The molecule has 188 valence electrons. The Balaban J connectivity index is 1.31. The summed E-state index contributed by atoms with van der Waals surface area (Å²) in [5.41, 5.74) is 3.78. The van der Waals surface area contributed by atoms with E-state index in [1.807, 2.05) is 91.5 Å². The summed E-state index contributed by atoms with van der Waals surface area (Å²) >= 11 is 0. The molecule has 4 rings (SSSR count). The van der Waals surface area contributed by atoms with Gasteiger partial charge in [0.2, 0.25) is 5.91 Å². The molecule has 1 N–H and O–H groups in total. The SMILES string of the molecule is CC(NC(=O)CCC(=O)C(C#N)=C1N(C)c2ccccc2N1C)c1ccc(OCc2cccnc2)cc1. The van der Waals surface area contributed by atoms with Crippen molar-refractivity contribution < 1.29 is 14.3 Å². The van der Waals surface area contributed by atoms with Crippen LogP contribution in [0.5, 0.6) is 5.75 Å². The van der Waals surface area contributed by atoms with E-state index in [-0.39, 0.29) is 36.1 Å². The molecule has 1 aliphatic heterocycles. The molecule has 8 nitrogen and oxygen atoms in total. The average Bonchev–Trinajstić information content (AvgIpc) is 3.17. The number of carbonyl (C=O) groups excluding carboxylic acids is 2. The molecule has 3 aromatic rings. The van der Waals surface area contributed by atoms with Gasteiger partial charge in [-0.3, -0.25) is 14.6 Å². The number of ether oxygens (including phenoxy) is 1. The zero-order valence-corrected chi connectivity index (χ0v) is 21.1. The fourth-order valence-electron chi connectivity index (χ4n) is 4.31. The van der Waals surface area contributed by atoms with Crippen molar-refractivity contribution in [3.63, 3.8) is 0 Å². The van der Waals surface area contributed by atoms with Gasteiger partial charge in [0, 0.05) is 44.9 Å². The number of rotatable bonds is 9. The Morgan fingerprint density at radius 2 is 1.68 bits per heavy atom. The Labute approximate surface area is 216 Å². The van der Waals surface area contributed by atoms with Crippen LogP contribution >= 0.6 is 0 Å². The van der Waals surface area contributed by atoms with Crippen molar-refractivity contribution in [3.05, 3.63) is 95.6 Å². The number of benzene rings is 2. The summed E-state index contributed by atoms with van der Waals surface area (Å²) in [7, 11) is 3.65. The second-order valence-corrected chi connectivity index (χ2v) is 8.85. The van der Waals surface area contributed by atoms with Crippen LogP contribution in [0.15, 0.2) is 84.5 Å². The third-order valence-electron chi connectivity index (χ3n) is 6.32. The highest BCUT2D eigenvalue weighted by molar-refractivity contribution is 6.03. The summed E-state index contributed by atoms with van der Waals surface area (Å²) in [4.78, 5) is 33.3. The maximum atomic E-state index is 12.9. The van der Waals surface area contributed by atoms with Crippen molar-refractivity contribution in [2.75, 3.05) is 23.9 Å². The molecular weight excluding hydrogens is 466 g/mol. The lowest BCUT2D eigenvalue weighted by Crippen LogP contribution is -2.28. The van der Waals surface area contributed by atoms with E-state index >= 15 is 0 Å². The molecule has 1 aliphatic rings. The normalized spacial score (nSPS) is 13.0. The van der Waals surface area contributed by atoms with E-state index in [4.69, 9.17) is 4.74 Å². The number of pyridine rings is 1.